The van der Waals surface area contributed by atoms with Crippen molar-refractivity contribution in [3.05, 3.63) is 35.9 Å². The number of rotatable bonds is 4. The van der Waals surface area contributed by atoms with Gasteiger partial charge in [-0.2, -0.15) is 0 Å². The van der Waals surface area contributed by atoms with Crippen molar-refractivity contribution in [2.24, 2.45) is 5.41 Å². The van der Waals surface area contributed by atoms with Crippen LogP contribution >= 0.6 is 0 Å². The zero-order valence-corrected chi connectivity index (χ0v) is 10.5. The molecule has 1 aliphatic carbocycles. The van der Waals surface area contributed by atoms with Crippen LogP contribution in [0.25, 0.3) is 0 Å². The number of hydrogen-bond acceptors (Lipinski definition) is 2. The van der Waals surface area contributed by atoms with Crippen LogP contribution in [0.1, 0.15) is 37.7 Å². The minimum atomic E-state index is -0.413. The summed E-state index contributed by atoms with van der Waals surface area (Å²) in [6, 6.07) is 9.74. The van der Waals surface area contributed by atoms with Crippen molar-refractivity contribution >= 4 is 5.97 Å². The molecule has 0 saturated heterocycles. The van der Waals surface area contributed by atoms with E-state index >= 15 is 0 Å². The third-order valence-corrected chi connectivity index (χ3v) is 3.65. The molecular weight excluding hydrogens is 224 g/mol. The molecule has 0 aliphatic heterocycles. The molecule has 2 rings (SSSR count). The number of esters is 1. The number of carbonyl (C=O) groups excluding carboxylic acids is 1. The van der Waals surface area contributed by atoms with E-state index in [-0.39, 0.29) is 5.97 Å². The van der Waals surface area contributed by atoms with Gasteiger partial charge in [0.2, 0.25) is 0 Å². The normalized spacial score (nSPS) is 17.1. The Balaban J connectivity index is 1.96. The molecule has 1 saturated carbocycles. The smallest absolute Gasteiger partial charge is 0.313 e. The van der Waals surface area contributed by atoms with Gasteiger partial charge in [-0.25, -0.2) is 0 Å². The van der Waals surface area contributed by atoms with Gasteiger partial charge in [-0.05, 0) is 18.4 Å². The topological polar surface area (TPSA) is 26.3 Å². The van der Waals surface area contributed by atoms with Crippen LogP contribution in [-0.4, -0.2) is 5.97 Å². The second kappa shape index (κ2) is 5.73. The van der Waals surface area contributed by atoms with E-state index in [0.717, 1.165) is 31.2 Å². The molecule has 1 aromatic carbocycles. The maximum atomic E-state index is 12.2. The quantitative estimate of drug-likeness (QED) is 0.598. The first-order valence-corrected chi connectivity index (χ1v) is 6.41. The molecule has 0 N–H and O–H groups in total. The zero-order valence-electron chi connectivity index (χ0n) is 10.5. The molecule has 0 amide bonds. The van der Waals surface area contributed by atoms with Gasteiger partial charge in [0.05, 0.1) is 5.41 Å². The highest BCUT2D eigenvalue weighted by Crippen LogP contribution is 2.42. The number of hydrogen-bond donors (Lipinski definition) is 0. The fourth-order valence-corrected chi connectivity index (χ4v) is 2.58. The van der Waals surface area contributed by atoms with Gasteiger partial charge in [0.1, 0.15) is 6.61 Å². The Kier molecular flexibility index (Phi) is 4.04. The standard InChI is InChI=1S/C16H18O2/c1-2-10-16(11-6-7-12-16)15(17)18-13-14-8-4-3-5-9-14/h1,3-5,8-9H,6-7,10-13H2. The highest BCUT2D eigenvalue weighted by molar-refractivity contribution is 5.77. The fraction of sp³-hybridized carbons (Fsp3) is 0.438. The van der Waals surface area contributed by atoms with Gasteiger partial charge < -0.3 is 4.74 Å². The molecule has 1 aromatic rings. The number of carbonyl (C=O) groups is 1. The molecule has 0 heterocycles. The molecule has 94 valence electrons. The van der Waals surface area contributed by atoms with Crippen molar-refractivity contribution in [3.63, 3.8) is 0 Å². The van der Waals surface area contributed by atoms with E-state index in [1.807, 2.05) is 30.3 Å². The van der Waals surface area contributed by atoms with Gasteiger partial charge >= 0.3 is 5.97 Å². The van der Waals surface area contributed by atoms with Crippen LogP contribution in [0.15, 0.2) is 30.3 Å². The van der Waals surface area contributed by atoms with Crippen LogP contribution in [0.5, 0.6) is 0 Å². The van der Waals surface area contributed by atoms with E-state index in [0.29, 0.717) is 13.0 Å². The lowest BCUT2D eigenvalue weighted by Gasteiger charge is -2.24. The van der Waals surface area contributed by atoms with Crippen LogP contribution < -0.4 is 0 Å². The summed E-state index contributed by atoms with van der Waals surface area (Å²) in [5, 5.41) is 0. The Hall–Kier alpha value is -1.75. The first kappa shape index (κ1) is 12.7. The lowest BCUT2D eigenvalue weighted by Crippen LogP contribution is -2.29. The molecule has 0 atom stereocenters. The predicted octanol–water partition coefficient (Wildman–Crippen LogP) is 3.31. The van der Waals surface area contributed by atoms with Gasteiger partial charge in [0, 0.05) is 6.42 Å². The van der Waals surface area contributed by atoms with Crippen LogP contribution in [-0.2, 0) is 16.1 Å². The summed E-state index contributed by atoms with van der Waals surface area (Å²) in [5.41, 5.74) is 0.600. The van der Waals surface area contributed by atoms with Crippen molar-refractivity contribution in [2.45, 2.75) is 38.7 Å². The molecule has 2 heteroatoms. The van der Waals surface area contributed by atoms with Crippen molar-refractivity contribution in [3.8, 4) is 12.3 Å². The highest BCUT2D eigenvalue weighted by Gasteiger charge is 2.41. The minimum Gasteiger partial charge on any atom is -0.460 e. The molecule has 0 spiro atoms. The van der Waals surface area contributed by atoms with Gasteiger partial charge in [-0.1, -0.05) is 43.2 Å². The van der Waals surface area contributed by atoms with Crippen molar-refractivity contribution in [1.29, 1.82) is 0 Å². The van der Waals surface area contributed by atoms with E-state index in [1.165, 1.54) is 0 Å². The summed E-state index contributed by atoms with van der Waals surface area (Å²) < 4.78 is 5.43. The summed E-state index contributed by atoms with van der Waals surface area (Å²) in [6.07, 6.45) is 9.76. The first-order valence-electron chi connectivity index (χ1n) is 6.41. The van der Waals surface area contributed by atoms with Gasteiger partial charge in [0.15, 0.2) is 0 Å². The largest absolute Gasteiger partial charge is 0.460 e. The van der Waals surface area contributed by atoms with Crippen LogP contribution in [0.4, 0.5) is 0 Å². The monoisotopic (exact) mass is 242 g/mol. The van der Waals surface area contributed by atoms with Crippen LogP contribution in [0.2, 0.25) is 0 Å². The first-order chi connectivity index (χ1) is 8.77. The maximum Gasteiger partial charge on any atom is 0.313 e. The van der Waals surface area contributed by atoms with Crippen molar-refractivity contribution in [1.82, 2.24) is 0 Å². The molecule has 0 aromatic heterocycles. The average Bonchev–Trinajstić information content (AvgIpc) is 2.87. The fourth-order valence-electron chi connectivity index (χ4n) is 2.58. The zero-order chi connectivity index (χ0) is 12.8. The number of terminal acetylenes is 1. The maximum absolute atomic E-state index is 12.2. The molecule has 1 aliphatic rings. The average molecular weight is 242 g/mol. The van der Waals surface area contributed by atoms with E-state index in [9.17, 15) is 4.79 Å². The number of ether oxygens (including phenoxy) is 1. The third-order valence-electron chi connectivity index (χ3n) is 3.65. The number of benzene rings is 1. The van der Waals surface area contributed by atoms with E-state index < -0.39 is 5.41 Å². The second-order valence-corrected chi connectivity index (χ2v) is 4.93. The third kappa shape index (κ3) is 2.73. The Morgan fingerprint density at radius 2 is 1.94 bits per heavy atom. The summed E-state index contributed by atoms with van der Waals surface area (Å²) >= 11 is 0. The minimum absolute atomic E-state index is 0.123. The Bertz CT molecular complexity index is 436. The molecular formula is C16H18O2. The molecule has 0 radical (unpaired) electrons. The summed E-state index contributed by atoms with van der Waals surface area (Å²) in [7, 11) is 0. The molecule has 0 bridgehead atoms. The second-order valence-electron chi connectivity index (χ2n) is 4.93. The summed E-state index contributed by atoms with van der Waals surface area (Å²) in [5.74, 6) is 2.51. The van der Waals surface area contributed by atoms with Gasteiger partial charge in [0.25, 0.3) is 0 Å². The lowest BCUT2D eigenvalue weighted by atomic mass is 9.83. The van der Waals surface area contributed by atoms with Crippen molar-refractivity contribution < 1.29 is 9.53 Å². The summed E-state index contributed by atoms with van der Waals surface area (Å²) in [6.45, 7) is 0.339. The highest BCUT2D eigenvalue weighted by atomic mass is 16.5. The van der Waals surface area contributed by atoms with Gasteiger partial charge in [-0.15, -0.1) is 12.3 Å². The summed E-state index contributed by atoms with van der Waals surface area (Å²) in [4.78, 5) is 12.2. The van der Waals surface area contributed by atoms with Crippen LogP contribution in [0, 0.1) is 17.8 Å². The Labute approximate surface area is 108 Å². The molecule has 2 nitrogen and oxygen atoms in total. The Morgan fingerprint density at radius 1 is 1.28 bits per heavy atom. The van der Waals surface area contributed by atoms with E-state index in [4.69, 9.17) is 11.2 Å². The predicted molar refractivity (Wildman–Crippen MR) is 70.6 cm³/mol. The SMILES string of the molecule is C#CCC1(C(=O)OCc2ccccc2)CCCC1. The molecule has 18 heavy (non-hydrogen) atoms. The van der Waals surface area contributed by atoms with E-state index in [2.05, 4.69) is 5.92 Å². The Morgan fingerprint density at radius 3 is 2.56 bits per heavy atom. The van der Waals surface area contributed by atoms with Gasteiger partial charge in [-0.3, -0.25) is 4.79 Å². The lowest BCUT2D eigenvalue weighted by molar-refractivity contribution is -0.156. The van der Waals surface area contributed by atoms with Crippen molar-refractivity contribution in [2.75, 3.05) is 0 Å². The van der Waals surface area contributed by atoms with E-state index in [1.54, 1.807) is 0 Å². The van der Waals surface area contributed by atoms with Crippen LogP contribution in [0.3, 0.4) is 0 Å². The molecule has 0 unspecified atom stereocenters. The molecule has 1 fully saturated rings.